The van der Waals surface area contributed by atoms with E-state index < -0.39 is 9.84 Å². The molecule has 0 N–H and O–H groups in total. The molecule has 0 bridgehead atoms. The molecule has 1 heterocycles. The second-order valence-electron chi connectivity index (χ2n) is 4.04. The minimum Gasteiger partial charge on any atom is -0.493 e. The largest absolute Gasteiger partial charge is 0.493 e. The van der Waals surface area contributed by atoms with E-state index in [4.69, 9.17) is 4.74 Å². The molecule has 7 heteroatoms. The van der Waals surface area contributed by atoms with Crippen molar-refractivity contribution >= 4 is 21.4 Å². The van der Waals surface area contributed by atoms with Crippen LogP contribution in [0.4, 0.5) is 0 Å². The number of aryl methyl sites for hydroxylation is 1. The molecule has 5 nitrogen and oxygen atoms in total. The third-order valence-electron chi connectivity index (χ3n) is 2.50. The van der Waals surface area contributed by atoms with Crippen molar-refractivity contribution in [2.75, 3.05) is 12.4 Å². The van der Waals surface area contributed by atoms with Crippen molar-refractivity contribution in [3.05, 3.63) is 40.9 Å². The number of sulfone groups is 1. The van der Waals surface area contributed by atoms with Gasteiger partial charge < -0.3 is 4.74 Å². The van der Waals surface area contributed by atoms with E-state index in [2.05, 4.69) is 9.59 Å². The van der Waals surface area contributed by atoms with E-state index in [1.807, 2.05) is 18.2 Å². The van der Waals surface area contributed by atoms with Gasteiger partial charge in [-0.2, -0.15) is 0 Å². The number of hydrogen-bond acceptors (Lipinski definition) is 6. The summed E-state index contributed by atoms with van der Waals surface area (Å²) in [6.07, 6.45) is 0. The summed E-state index contributed by atoms with van der Waals surface area (Å²) in [6.45, 7) is 1.91. The highest BCUT2D eigenvalue weighted by molar-refractivity contribution is 7.90. The summed E-state index contributed by atoms with van der Waals surface area (Å²) in [5.41, 5.74) is 0.678. The van der Waals surface area contributed by atoms with E-state index in [1.54, 1.807) is 19.1 Å². The van der Waals surface area contributed by atoms with Gasteiger partial charge in [-0.1, -0.05) is 22.7 Å². The van der Waals surface area contributed by atoms with Gasteiger partial charge in [0.2, 0.25) is 0 Å². The minimum absolute atomic E-state index is 0.0146. The second kappa shape index (κ2) is 6.12. The summed E-state index contributed by atoms with van der Waals surface area (Å²) in [6, 6.07) is 9.16. The molecule has 19 heavy (non-hydrogen) atoms. The molecular weight excluding hydrogens is 284 g/mol. The normalized spacial score (nSPS) is 11.4. The van der Waals surface area contributed by atoms with Crippen LogP contribution in [0.2, 0.25) is 0 Å². The second-order valence-corrected chi connectivity index (χ2v) is 7.06. The quantitative estimate of drug-likeness (QED) is 0.814. The lowest BCUT2D eigenvalue weighted by molar-refractivity contribution is 0.341. The highest BCUT2D eigenvalue weighted by Crippen LogP contribution is 2.14. The van der Waals surface area contributed by atoms with Crippen molar-refractivity contribution in [3.63, 3.8) is 0 Å². The van der Waals surface area contributed by atoms with Gasteiger partial charge in [-0.3, -0.25) is 0 Å². The maximum absolute atomic E-state index is 11.9. The first-order valence-corrected chi connectivity index (χ1v) is 8.32. The molecule has 1 aromatic heterocycles. The number of para-hydroxylation sites is 1. The van der Waals surface area contributed by atoms with Crippen molar-refractivity contribution in [2.24, 2.45) is 0 Å². The van der Waals surface area contributed by atoms with Crippen molar-refractivity contribution in [1.29, 1.82) is 0 Å². The number of rotatable bonds is 6. The molecule has 0 saturated heterocycles. The molecule has 1 aromatic carbocycles. The Bertz CT molecular complexity index is 623. The highest BCUT2D eigenvalue weighted by atomic mass is 32.2. The Hall–Kier alpha value is -1.47. The zero-order chi connectivity index (χ0) is 13.7. The molecule has 0 radical (unpaired) electrons. The molecule has 2 aromatic rings. The molecular formula is C12H14N2O3S2. The lowest BCUT2D eigenvalue weighted by atomic mass is 10.3. The Balaban J connectivity index is 1.87. The molecule has 0 spiro atoms. The van der Waals surface area contributed by atoms with Gasteiger partial charge >= 0.3 is 0 Å². The fraction of sp³-hybridized carbons (Fsp3) is 0.333. The SMILES string of the molecule is Cc1nnsc1CS(=O)(=O)CCOc1ccccc1. The van der Waals surface area contributed by atoms with E-state index in [9.17, 15) is 8.42 Å². The van der Waals surface area contributed by atoms with E-state index in [0.29, 0.717) is 16.3 Å². The van der Waals surface area contributed by atoms with Crippen LogP contribution in [0, 0.1) is 6.92 Å². The monoisotopic (exact) mass is 298 g/mol. The molecule has 0 atom stereocenters. The molecule has 0 aliphatic heterocycles. The number of nitrogens with zero attached hydrogens (tertiary/aromatic N) is 2. The van der Waals surface area contributed by atoms with Gasteiger partial charge in [-0.05, 0) is 30.6 Å². The Labute approximate surface area is 116 Å². The zero-order valence-electron chi connectivity index (χ0n) is 10.4. The first kappa shape index (κ1) is 14.0. The summed E-state index contributed by atoms with van der Waals surface area (Å²) in [5.74, 6) is 0.641. The molecule has 0 aliphatic carbocycles. The van der Waals surface area contributed by atoms with Crippen LogP contribution in [0.1, 0.15) is 10.6 Å². The van der Waals surface area contributed by atoms with Crippen LogP contribution in [0.25, 0.3) is 0 Å². The number of ether oxygens (including phenoxy) is 1. The van der Waals surface area contributed by atoms with Crippen molar-refractivity contribution in [1.82, 2.24) is 9.59 Å². The summed E-state index contributed by atoms with van der Waals surface area (Å²) < 4.78 is 32.9. The Morgan fingerprint density at radius 2 is 2.00 bits per heavy atom. The van der Waals surface area contributed by atoms with Crippen molar-refractivity contribution in [3.8, 4) is 5.75 Å². The first-order chi connectivity index (χ1) is 9.07. The summed E-state index contributed by atoms with van der Waals surface area (Å²) >= 11 is 1.13. The third kappa shape index (κ3) is 4.29. The predicted octanol–water partition coefficient (Wildman–Crippen LogP) is 1.84. The van der Waals surface area contributed by atoms with Gasteiger partial charge in [0.05, 0.1) is 22.1 Å². The van der Waals surface area contributed by atoms with Gasteiger partial charge in [-0.25, -0.2) is 8.42 Å². The molecule has 0 amide bonds. The van der Waals surface area contributed by atoms with Gasteiger partial charge in [0, 0.05) is 0 Å². The highest BCUT2D eigenvalue weighted by Gasteiger charge is 2.16. The van der Waals surface area contributed by atoms with E-state index in [1.165, 1.54) is 0 Å². The average molecular weight is 298 g/mol. The topological polar surface area (TPSA) is 69.2 Å². The van der Waals surface area contributed by atoms with Crippen LogP contribution in [0.3, 0.4) is 0 Å². The van der Waals surface area contributed by atoms with E-state index in [0.717, 1.165) is 11.5 Å². The Morgan fingerprint density at radius 1 is 1.26 bits per heavy atom. The van der Waals surface area contributed by atoms with Crippen LogP contribution in [0.5, 0.6) is 5.75 Å². The van der Waals surface area contributed by atoms with Crippen LogP contribution in [-0.4, -0.2) is 30.4 Å². The smallest absolute Gasteiger partial charge is 0.158 e. The molecule has 2 rings (SSSR count). The molecule has 0 fully saturated rings. The molecule has 0 saturated carbocycles. The first-order valence-electron chi connectivity index (χ1n) is 5.73. The van der Waals surface area contributed by atoms with E-state index >= 15 is 0 Å². The molecule has 102 valence electrons. The van der Waals surface area contributed by atoms with Gasteiger partial charge in [0.1, 0.15) is 12.4 Å². The third-order valence-corrected chi connectivity index (χ3v) is 5.03. The maximum atomic E-state index is 11.9. The van der Waals surface area contributed by atoms with Crippen LogP contribution >= 0.6 is 11.5 Å². The summed E-state index contributed by atoms with van der Waals surface area (Å²) in [5, 5.41) is 3.80. The van der Waals surface area contributed by atoms with Crippen LogP contribution in [0.15, 0.2) is 30.3 Å². The number of benzene rings is 1. The predicted molar refractivity (Wildman–Crippen MR) is 74.1 cm³/mol. The lowest BCUT2D eigenvalue weighted by Gasteiger charge is -2.06. The van der Waals surface area contributed by atoms with Crippen LogP contribution in [-0.2, 0) is 15.6 Å². The lowest BCUT2D eigenvalue weighted by Crippen LogP contribution is -2.15. The number of hydrogen-bond donors (Lipinski definition) is 0. The summed E-state index contributed by atoms with van der Waals surface area (Å²) in [7, 11) is -3.19. The zero-order valence-corrected chi connectivity index (χ0v) is 12.1. The van der Waals surface area contributed by atoms with Gasteiger partial charge in [0.15, 0.2) is 9.84 Å². The fourth-order valence-electron chi connectivity index (χ4n) is 1.46. The van der Waals surface area contributed by atoms with Gasteiger partial charge in [0.25, 0.3) is 0 Å². The van der Waals surface area contributed by atoms with E-state index in [-0.39, 0.29) is 18.1 Å². The minimum atomic E-state index is -3.19. The van der Waals surface area contributed by atoms with Crippen LogP contribution < -0.4 is 4.74 Å². The molecule has 0 aliphatic rings. The Morgan fingerprint density at radius 3 is 2.63 bits per heavy atom. The fourth-order valence-corrected chi connectivity index (χ4v) is 3.73. The Kier molecular flexibility index (Phi) is 4.49. The van der Waals surface area contributed by atoms with Crippen molar-refractivity contribution < 1.29 is 13.2 Å². The summed E-state index contributed by atoms with van der Waals surface area (Å²) in [4.78, 5) is 0.694. The maximum Gasteiger partial charge on any atom is 0.158 e. The number of aromatic nitrogens is 2. The average Bonchev–Trinajstić information content (AvgIpc) is 2.75. The van der Waals surface area contributed by atoms with Gasteiger partial charge in [-0.15, -0.1) is 5.10 Å². The molecule has 0 unspecified atom stereocenters. The van der Waals surface area contributed by atoms with Crippen molar-refractivity contribution in [2.45, 2.75) is 12.7 Å². The standard InChI is InChI=1S/C12H14N2O3S2/c1-10-12(18-14-13-10)9-19(15,16)8-7-17-11-5-3-2-4-6-11/h2-6H,7-9H2,1H3.